The van der Waals surface area contributed by atoms with Gasteiger partial charge >= 0.3 is 0 Å². The van der Waals surface area contributed by atoms with Crippen LogP contribution in [-0.4, -0.2) is 16.9 Å². The molecular weight excluding hydrogens is 307 g/mol. The second-order valence-corrected chi connectivity index (χ2v) is 5.57. The summed E-state index contributed by atoms with van der Waals surface area (Å²) in [6, 6.07) is 6.15. The number of hydrogen-bond donors (Lipinski definition) is 0. The van der Waals surface area contributed by atoms with Crippen molar-refractivity contribution >= 4 is 23.2 Å². The molecule has 1 amide bonds. The van der Waals surface area contributed by atoms with Crippen molar-refractivity contribution in [1.82, 2.24) is 5.16 Å². The Hall–Kier alpha value is -1.88. The Balaban J connectivity index is 1.93. The Morgan fingerprint density at radius 2 is 2.09 bits per heavy atom. The monoisotopic (exact) mass is 322 g/mol. The number of aromatic nitrogens is 1. The first kappa shape index (κ1) is 15.0. The van der Waals surface area contributed by atoms with Gasteiger partial charge in [0.15, 0.2) is 0 Å². The summed E-state index contributed by atoms with van der Waals surface area (Å²) in [5.74, 6) is -0.153. The van der Waals surface area contributed by atoms with E-state index < -0.39 is 5.82 Å². The summed E-state index contributed by atoms with van der Waals surface area (Å²) in [5.41, 5.74) is 1.95. The summed E-state index contributed by atoms with van der Waals surface area (Å²) in [5, 5.41) is 4.08. The molecule has 4 nitrogen and oxygen atoms in total. The van der Waals surface area contributed by atoms with Crippen LogP contribution in [0.5, 0.6) is 0 Å². The second-order valence-electron chi connectivity index (χ2n) is 5.30. The van der Waals surface area contributed by atoms with Crippen LogP contribution in [0.15, 0.2) is 28.8 Å². The molecule has 0 bridgehead atoms. The minimum Gasteiger partial charge on any atom is -0.361 e. The molecule has 0 saturated heterocycles. The van der Waals surface area contributed by atoms with Gasteiger partial charge < -0.3 is 9.42 Å². The van der Waals surface area contributed by atoms with E-state index in [4.69, 9.17) is 16.1 Å². The van der Waals surface area contributed by atoms with Crippen molar-refractivity contribution in [2.24, 2.45) is 0 Å². The van der Waals surface area contributed by atoms with Gasteiger partial charge in [-0.05, 0) is 31.4 Å². The lowest BCUT2D eigenvalue weighted by Gasteiger charge is -2.22. The van der Waals surface area contributed by atoms with E-state index in [0.29, 0.717) is 5.69 Å². The number of aryl methyl sites for hydroxylation is 1. The number of hydrogen-bond acceptors (Lipinski definition) is 3. The molecule has 22 heavy (non-hydrogen) atoms. The topological polar surface area (TPSA) is 46.3 Å². The van der Waals surface area contributed by atoms with E-state index in [-0.39, 0.29) is 24.0 Å². The molecule has 6 heteroatoms. The minimum atomic E-state index is -0.460. The van der Waals surface area contributed by atoms with Crippen molar-refractivity contribution < 1.29 is 13.7 Å². The van der Waals surface area contributed by atoms with Crippen LogP contribution in [0.4, 0.5) is 10.1 Å². The third-order valence-corrected chi connectivity index (χ3v) is 4.13. The maximum absolute atomic E-state index is 14.0. The Labute approximate surface area is 132 Å². The lowest BCUT2D eigenvalue weighted by Crippen LogP contribution is -2.32. The van der Waals surface area contributed by atoms with Gasteiger partial charge in [-0.25, -0.2) is 4.39 Å². The molecule has 0 fully saturated rings. The molecule has 116 valence electrons. The first-order valence-corrected chi connectivity index (χ1v) is 7.81. The minimum absolute atomic E-state index is 0.172. The zero-order valence-corrected chi connectivity index (χ0v) is 12.8. The molecule has 1 aliphatic rings. The predicted octanol–water partition coefficient (Wildman–Crippen LogP) is 3.46. The third-order valence-electron chi connectivity index (χ3n) is 3.90. The fourth-order valence-electron chi connectivity index (χ4n) is 2.77. The van der Waals surface area contributed by atoms with Crippen molar-refractivity contribution in [1.29, 1.82) is 0 Å². The summed E-state index contributed by atoms with van der Waals surface area (Å²) >= 11 is 5.68. The highest BCUT2D eigenvalue weighted by atomic mass is 35.5. The van der Waals surface area contributed by atoms with Crippen molar-refractivity contribution in [3.63, 3.8) is 0 Å². The number of halogens is 2. The van der Waals surface area contributed by atoms with Crippen LogP contribution in [0.1, 0.15) is 29.9 Å². The lowest BCUT2D eigenvalue weighted by molar-refractivity contribution is -0.116. The highest BCUT2D eigenvalue weighted by Crippen LogP contribution is 2.27. The number of carbonyl (C=O) groups excluding carboxylic acids is 1. The second kappa shape index (κ2) is 6.48. The molecule has 1 aliphatic carbocycles. The van der Waals surface area contributed by atoms with E-state index in [0.717, 1.165) is 37.0 Å². The molecule has 0 atom stereocenters. The van der Waals surface area contributed by atoms with Gasteiger partial charge in [0.25, 0.3) is 0 Å². The molecular formula is C16H16ClFN2O2. The molecule has 0 unspecified atom stereocenters. The van der Waals surface area contributed by atoms with E-state index in [1.807, 2.05) is 0 Å². The summed E-state index contributed by atoms with van der Waals surface area (Å²) in [7, 11) is 0. The summed E-state index contributed by atoms with van der Waals surface area (Å²) in [4.78, 5) is 13.5. The molecule has 2 aromatic rings. The van der Waals surface area contributed by atoms with Gasteiger partial charge in [0.1, 0.15) is 23.2 Å². The Morgan fingerprint density at radius 1 is 1.32 bits per heavy atom. The van der Waals surface area contributed by atoms with Crippen LogP contribution in [-0.2, 0) is 24.2 Å². The van der Waals surface area contributed by atoms with Gasteiger partial charge in [-0.2, -0.15) is 0 Å². The van der Waals surface area contributed by atoms with Crippen LogP contribution >= 0.6 is 11.6 Å². The molecule has 1 aromatic heterocycles. The highest BCUT2D eigenvalue weighted by Gasteiger charge is 2.24. The molecule has 1 heterocycles. The average Bonchev–Trinajstić information content (AvgIpc) is 2.96. The predicted molar refractivity (Wildman–Crippen MR) is 81.5 cm³/mol. The summed E-state index contributed by atoms with van der Waals surface area (Å²) in [6.45, 7) is 0.172. The number of para-hydroxylation sites is 1. The number of fused-ring (bicyclic) bond motifs is 1. The molecule has 0 aliphatic heterocycles. The van der Waals surface area contributed by atoms with Crippen LogP contribution in [0, 0.1) is 5.82 Å². The normalized spacial score (nSPS) is 13.7. The number of carbonyl (C=O) groups is 1. The number of rotatable bonds is 4. The van der Waals surface area contributed by atoms with Gasteiger partial charge in [-0.15, -0.1) is 11.6 Å². The first-order chi connectivity index (χ1) is 10.7. The van der Waals surface area contributed by atoms with E-state index in [1.165, 1.54) is 11.0 Å². The molecule has 0 radical (unpaired) electrons. The number of alkyl halides is 1. The van der Waals surface area contributed by atoms with E-state index >= 15 is 0 Å². The van der Waals surface area contributed by atoms with E-state index in [9.17, 15) is 9.18 Å². The van der Waals surface area contributed by atoms with Crippen molar-refractivity contribution in [2.45, 2.75) is 32.2 Å². The summed E-state index contributed by atoms with van der Waals surface area (Å²) in [6.07, 6.45) is 3.91. The van der Waals surface area contributed by atoms with E-state index in [1.54, 1.807) is 18.2 Å². The smallest absolute Gasteiger partial charge is 0.242 e. The van der Waals surface area contributed by atoms with Gasteiger partial charge in [0.05, 0.1) is 12.2 Å². The largest absolute Gasteiger partial charge is 0.361 e. The van der Waals surface area contributed by atoms with Gasteiger partial charge in [0, 0.05) is 12.0 Å². The molecule has 0 saturated carbocycles. The molecule has 0 spiro atoms. The first-order valence-electron chi connectivity index (χ1n) is 7.28. The SMILES string of the molecule is O=C(CCl)N(Cc1noc2c1CCCC2)c1ccccc1F. The maximum atomic E-state index is 14.0. The van der Waals surface area contributed by atoms with Crippen LogP contribution < -0.4 is 4.90 Å². The zero-order chi connectivity index (χ0) is 15.5. The number of amides is 1. The van der Waals surface area contributed by atoms with Crippen molar-refractivity contribution in [3.05, 3.63) is 47.1 Å². The maximum Gasteiger partial charge on any atom is 0.242 e. The van der Waals surface area contributed by atoms with Crippen LogP contribution in [0.3, 0.4) is 0 Å². The third kappa shape index (κ3) is 2.86. The average molecular weight is 323 g/mol. The van der Waals surface area contributed by atoms with Crippen molar-refractivity contribution in [3.8, 4) is 0 Å². The van der Waals surface area contributed by atoms with Crippen molar-refractivity contribution in [2.75, 3.05) is 10.8 Å². The van der Waals surface area contributed by atoms with Crippen LogP contribution in [0.25, 0.3) is 0 Å². The highest BCUT2D eigenvalue weighted by molar-refractivity contribution is 6.29. The summed E-state index contributed by atoms with van der Waals surface area (Å²) < 4.78 is 19.4. The van der Waals surface area contributed by atoms with Crippen LogP contribution in [0.2, 0.25) is 0 Å². The quantitative estimate of drug-likeness (QED) is 0.810. The van der Waals surface area contributed by atoms with Gasteiger partial charge in [-0.1, -0.05) is 17.3 Å². The zero-order valence-electron chi connectivity index (χ0n) is 12.0. The number of benzene rings is 1. The lowest BCUT2D eigenvalue weighted by atomic mass is 9.96. The Morgan fingerprint density at radius 3 is 2.86 bits per heavy atom. The number of anilines is 1. The standard InChI is InChI=1S/C16H16ClFN2O2/c17-9-16(21)20(14-7-3-2-6-12(14)18)10-13-11-5-1-4-8-15(11)22-19-13/h2-3,6-7H,1,4-5,8-10H2. The van der Waals surface area contributed by atoms with Gasteiger partial charge in [0.2, 0.25) is 5.91 Å². The molecule has 1 aromatic carbocycles. The van der Waals surface area contributed by atoms with E-state index in [2.05, 4.69) is 5.16 Å². The molecule has 0 N–H and O–H groups in total. The fraction of sp³-hybridized carbons (Fsp3) is 0.375. The van der Waals surface area contributed by atoms with Gasteiger partial charge in [-0.3, -0.25) is 4.79 Å². The number of nitrogens with zero attached hydrogens (tertiary/aromatic N) is 2. The Kier molecular flexibility index (Phi) is 4.43. The fourth-order valence-corrected chi connectivity index (χ4v) is 2.92. The molecule has 3 rings (SSSR count). The Bertz CT molecular complexity index is 687.